The lowest BCUT2D eigenvalue weighted by atomic mass is 10.1. The van der Waals surface area contributed by atoms with Crippen LogP contribution in [0.5, 0.6) is 0 Å². The lowest BCUT2D eigenvalue weighted by Crippen LogP contribution is -2.30. The summed E-state index contributed by atoms with van der Waals surface area (Å²) in [7, 11) is 1.81. The number of nitrogens with one attached hydrogen (secondary N) is 2. The molecule has 0 fully saturated rings. The van der Waals surface area contributed by atoms with Gasteiger partial charge in [-0.15, -0.1) is 0 Å². The van der Waals surface area contributed by atoms with Gasteiger partial charge in [-0.05, 0) is 38.8 Å². The maximum Gasteiger partial charge on any atom is 0.306 e. The van der Waals surface area contributed by atoms with Crippen molar-refractivity contribution in [1.82, 2.24) is 14.8 Å². The number of anilines is 1. The molecule has 0 spiro atoms. The van der Waals surface area contributed by atoms with Gasteiger partial charge in [0, 0.05) is 30.6 Å². The molecule has 7 nitrogen and oxygen atoms in total. The second-order valence-electron chi connectivity index (χ2n) is 6.65. The number of carbonyl (C=O) groups excluding carboxylic acids is 2. The minimum atomic E-state index is -0.875. The molecule has 0 aliphatic carbocycles. The molecular weight excluding hydrogens is 344 g/mol. The van der Waals surface area contributed by atoms with E-state index in [9.17, 15) is 9.59 Å². The van der Waals surface area contributed by atoms with Crippen LogP contribution in [0.3, 0.4) is 0 Å². The first-order chi connectivity index (χ1) is 12.9. The fourth-order valence-electron chi connectivity index (χ4n) is 3.06. The van der Waals surface area contributed by atoms with Crippen LogP contribution in [0.15, 0.2) is 30.5 Å². The van der Waals surface area contributed by atoms with Crippen molar-refractivity contribution in [3.8, 4) is 0 Å². The van der Waals surface area contributed by atoms with Gasteiger partial charge < -0.3 is 15.0 Å². The van der Waals surface area contributed by atoms with Gasteiger partial charge in [0.15, 0.2) is 6.10 Å². The van der Waals surface area contributed by atoms with Crippen LogP contribution in [0.2, 0.25) is 0 Å². The molecule has 0 saturated carbocycles. The standard InChI is InChI=1S/C20H24N4O3/c1-12-19(13(2)24(4)23-12)22-20(26)14(3)27-18(25)10-9-15-11-21-17-8-6-5-7-16(15)17/h5-8,11,14,21H,9-10H2,1-4H3,(H,22,26). The Hall–Kier alpha value is -3.09. The summed E-state index contributed by atoms with van der Waals surface area (Å²) in [4.78, 5) is 27.7. The van der Waals surface area contributed by atoms with E-state index >= 15 is 0 Å². The molecule has 2 N–H and O–H groups in total. The van der Waals surface area contributed by atoms with Crippen LogP contribution < -0.4 is 5.32 Å². The third-order valence-electron chi connectivity index (χ3n) is 4.71. The number of para-hydroxylation sites is 1. The predicted molar refractivity (Wildman–Crippen MR) is 103 cm³/mol. The molecule has 0 aliphatic heterocycles. The monoisotopic (exact) mass is 368 g/mol. The van der Waals surface area contributed by atoms with Crippen LogP contribution in [0.4, 0.5) is 5.69 Å². The van der Waals surface area contributed by atoms with E-state index in [0.717, 1.165) is 27.9 Å². The first-order valence-corrected chi connectivity index (χ1v) is 8.92. The number of rotatable bonds is 6. The number of hydrogen-bond donors (Lipinski definition) is 2. The summed E-state index contributed by atoms with van der Waals surface area (Å²) < 4.78 is 6.99. The van der Waals surface area contributed by atoms with Gasteiger partial charge in [-0.2, -0.15) is 5.10 Å². The molecule has 27 heavy (non-hydrogen) atoms. The number of H-pyrrole nitrogens is 1. The minimum absolute atomic E-state index is 0.213. The predicted octanol–water partition coefficient (Wildman–Crippen LogP) is 3.02. The van der Waals surface area contributed by atoms with Gasteiger partial charge in [0.2, 0.25) is 0 Å². The summed E-state index contributed by atoms with van der Waals surface area (Å²) in [6.07, 6.45) is 1.80. The number of esters is 1. The highest BCUT2D eigenvalue weighted by atomic mass is 16.5. The SMILES string of the molecule is Cc1nn(C)c(C)c1NC(=O)C(C)OC(=O)CCc1c[nH]c2ccccc12. The smallest absolute Gasteiger partial charge is 0.306 e. The topological polar surface area (TPSA) is 89.0 Å². The number of aryl methyl sites for hydroxylation is 3. The first kappa shape index (κ1) is 18.7. The van der Waals surface area contributed by atoms with Crippen molar-refractivity contribution < 1.29 is 14.3 Å². The van der Waals surface area contributed by atoms with Crippen LogP contribution in [0.25, 0.3) is 10.9 Å². The molecule has 3 aromatic rings. The van der Waals surface area contributed by atoms with Crippen molar-refractivity contribution in [3.05, 3.63) is 47.4 Å². The zero-order valence-corrected chi connectivity index (χ0v) is 16.0. The zero-order chi connectivity index (χ0) is 19.6. The number of benzene rings is 1. The Morgan fingerprint density at radius 3 is 2.74 bits per heavy atom. The Labute approximate surface area is 157 Å². The van der Waals surface area contributed by atoms with Crippen molar-refractivity contribution in [3.63, 3.8) is 0 Å². The van der Waals surface area contributed by atoms with Crippen molar-refractivity contribution in [2.75, 3.05) is 5.32 Å². The largest absolute Gasteiger partial charge is 0.453 e. The second-order valence-corrected chi connectivity index (χ2v) is 6.65. The maximum atomic E-state index is 12.3. The van der Waals surface area contributed by atoms with Crippen molar-refractivity contribution in [1.29, 1.82) is 0 Å². The number of fused-ring (bicyclic) bond motifs is 1. The first-order valence-electron chi connectivity index (χ1n) is 8.92. The van der Waals surface area contributed by atoms with Gasteiger partial charge in [-0.3, -0.25) is 14.3 Å². The van der Waals surface area contributed by atoms with Crippen molar-refractivity contribution in [2.45, 2.75) is 39.7 Å². The van der Waals surface area contributed by atoms with E-state index in [1.807, 2.05) is 51.4 Å². The molecule has 0 aliphatic rings. The number of aromatic amines is 1. The lowest BCUT2D eigenvalue weighted by molar-refractivity contribution is -0.153. The minimum Gasteiger partial charge on any atom is -0.453 e. The average molecular weight is 368 g/mol. The van der Waals surface area contributed by atoms with E-state index < -0.39 is 12.1 Å². The van der Waals surface area contributed by atoms with Gasteiger partial charge in [0.05, 0.1) is 17.1 Å². The van der Waals surface area contributed by atoms with Gasteiger partial charge in [-0.1, -0.05) is 18.2 Å². The van der Waals surface area contributed by atoms with Crippen LogP contribution in [-0.4, -0.2) is 32.7 Å². The molecule has 7 heteroatoms. The summed E-state index contributed by atoms with van der Waals surface area (Å²) in [5.41, 5.74) is 4.32. The Morgan fingerprint density at radius 1 is 1.30 bits per heavy atom. The number of carbonyl (C=O) groups is 2. The maximum absolute atomic E-state index is 12.3. The molecule has 2 heterocycles. The fraction of sp³-hybridized carbons (Fsp3) is 0.350. The molecule has 142 valence electrons. The normalized spacial score (nSPS) is 12.1. The highest BCUT2D eigenvalue weighted by Crippen LogP contribution is 2.20. The molecular formula is C20H24N4O3. The number of aromatic nitrogens is 3. The van der Waals surface area contributed by atoms with E-state index in [1.165, 1.54) is 0 Å². The Balaban J connectivity index is 1.54. The summed E-state index contributed by atoms with van der Waals surface area (Å²) in [5.74, 6) is -0.766. The number of nitrogens with zero attached hydrogens (tertiary/aromatic N) is 2. The molecule has 1 atom stereocenters. The number of hydrogen-bond acceptors (Lipinski definition) is 4. The molecule has 0 radical (unpaired) electrons. The molecule has 1 aromatic carbocycles. The molecule has 0 saturated heterocycles. The van der Waals surface area contributed by atoms with Gasteiger partial charge in [0.1, 0.15) is 0 Å². The molecule has 1 amide bonds. The van der Waals surface area contributed by atoms with E-state index in [-0.39, 0.29) is 12.3 Å². The van der Waals surface area contributed by atoms with E-state index in [0.29, 0.717) is 12.1 Å². The Kier molecular flexibility index (Phi) is 5.30. The highest BCUT2D eigenvalue weighted by Gasteiger charge is 2.21. The summed E-state index contributed by atoms with van der Waals surface area (Å²) in [5, 5.41) is 8.15. The third kappa shape index (κ3) is 4.02. The molecule has 0 bridgehead atoms. The number of ether oxygens (including phenoxy) is 1. The van der Waals surface area contributed by atoms with E-state index in [1.54, 1.807) is 11.6 Å². The van der Waals surface area contributed by atoms with Gasteiger partial charge in [0.25, 0.3) is 5.91 Å². The van der Waals surface area contributed by atoms with E-state index in [4.69, 9.17) is 4.74 Å². The quantitative estimate of drug-likeness (QED) is 0.655. The second kappa shape index (κ2) is 7.65. The summed E-state index contributed by atoms with van der Waals surface area (Å²) in [6, 6.07) is 7.93. The summed E-state index contributed by atoms with van der Waals surface area (Å²) >= 11 is 0. The van der Waals surface area contributed by atoms with E-state index in [2.05, 4.69) is 15.4 Å². The van der Waals surface area contributed by atoms with Crippen LogP contribution >= 0.6 is 0 Å². The van der Waals surface area contributed by atoms with Crippen molar-refractivity contribution in [2.24, 2.45) is 7.05 Å². The lowest BCUT2D eigenvalue weighted by Gasteiger charge is -2.13. The molecule has 3 rings (SSSR count). The Bertz CT molecular complexity index is 986. The Morgan fingerprint density at radius 2 is 2.04 bits per heavy atom. The van der Waals surface area contributed by atoms with Crippen LogP contribution in [-0.2, 0) is 27.8 Å². The number of amides is 1. The zero-order valence-electron chi connectivity index (χ0n) is 16.0. The fourth-order valence-corrected chi connectivity index (χ4v) is 3.06. The van der Waals surface area contributed by atoms with Gasteiger partial charge in [-0.25, -0.2) is 0 Å². The molecule has 1 unspecified atom stereocenters. The van der Waals surface area contributed by atoms with Crippen LogP contribution in [0.1, 0.15) is 30.3 Å². The summed E-state index contributed by atoms with van der Waals surface area (Å²) in [6.45, 7) is 5.26. The average Bonchev–Trinajstić information content (AvgIpc) is 3.16. The van der Waals surface area contributed by atoms with Crippen LogP contribution in [0, 0.1) is 13.8 Å². The van der Waals surface area contributed by atoms with Crippen molar-refractivity contribution >= 4 is 28.5 Å². The van der Waals surface area contributed by atoms with Gasteiger partial charge >= 0.3 is 5.97 Å². The molecule has 2 aromatic heterocycles. The third-order valence-corrected chi connectivity index (χ3v) is 4.71. The highest BCUT2D eigenvalue weighted by molar-refractivity contribution is 5.96.